The number of esters is 1. The van der Waals surface area contributed by atoms with E-state index in [2.05, 4.69) is 6.92 Å². The molecule has 0 atom stereocenters. The lowest BCUT2D eigenvalue weighted by molar-refractivity contribution is 0.0521. The fourth-order valence-corrected chi connectivity index (χ4v) is 3.89. The van der Waals surface area contributed by atoms with Gasteiger partial charge in [-0.25, -0.2) is 4.79 Å². The molecule has 1 rings (SSSR count). The highest BCUT2D eigenvalue weighted by molar-refractivity contribution is 5.94. The van der Waals surface area contributed by atoms with Gasteiger partial charge in [0.25, 0.3) is 0 Å². The van der Waals surface area contributed by atoms with Crippen LogP contribution < -0.4 is 9.47 Å². The maximum Gasteiger partial charge on any atom is 0.342 e. The van der Waals surface area contributed by atoms with Gasteiger partial charge in [-0.05, 0) is 31.4 Å². The van der Waals surface area contributed by atoms with E-state index in [1.807, 2.05) is 13.0 Å². The summed E-state index contributed by atoms with van der Waals surface area (Å²) in [5.41, 5.74) is 1.49. The summed E-state index contributed by atoms with van der Waals surface area (Å²) in [5, 5.41) is 0. The van der Waals surface area contributed by atoms with Crippen molar-refractivity contribution in [3.8, 4) is 11.5 Å². The molecule has 0 heterocycles. The van der Waals surface area contributed by atoms with Gasteiger partial charge in [-0.15, -0.1) is 0 Å². The Hall–Kier alpha value is -1.71. The molecule has 0 spiro atoms. The van der Waals surface area contributed by atoms with Crippen LogP contribution in [0.2, 0.25) is 0 Å². The highest BCUT2D eigenvalue weighted by atomic mass is 16.5. The Balaban J connectivity index is 2.33. The van der Waals surface area contributed by atoms with Crippen molar-refractivity contribution in [2.24, 2.45) is 0 Å². The zero-order valence-corrected chi connectivity index (χ0v) is 19.9. The minimum atomic E-state index is -0.318. The van der Waals surface area contributed by atoms with Crippen LogP contribution in [0.15, 0.2) is 12.1 Å². The van der Waals surface area contributed by atoms with Gasteiger partial charge in [0.05, 0.1) is 20.8 Å². The van der Waals surface area contributed by atoms with Crippen molar-refractivity contribution in [2.45, 2.75) is 104 Å². The second kappa shape index (κ2) is 17.0. The van der Waals surface area contributed by atoms with Crippen molar-refractivity contribution in [3.63, 3.8) is 0 Å². The maximum atomic E-state index is 12.4. The van der Waals surface area contributed by atoms with Crippen molar-refractivity contribution in [1.29, 1.82) is 0 Å². The van der Waals surface area contributed by atoms with Gasteiger partial charge in [0, 0.05) is 6.07 Å². The third-order valence-electron chi connectivity index (χ3n) is 5.64. The number of benzene rings is 1. The second-order valence-electron chi connectivity index (χ2n) is 8.08. The van der Waals surface area contributed by atoms with Gasteiger partial charge in [-0.1, -0.05) is 84.0 Å². The summed E-state index contributed by atoms with van der Waals surface area (Å²) in [5.74, 6) is 0.920. The molecule has 0 aliphatic rings. The van der Waals surface area contributed by atoms with Crippen molar-refractivity contribution in [3.05, 3.63) is 23.3 Å². The largest absolute Gasteiger partial charge is 0.497 e. The van der Waals surface area contributed by atoms with Crippen LogP contribution in [0.4, 0.5) is 0 Å². The van der Waals surface area contributed by atoms with Crippen LogP contribution in [0, 0.1) is 0 Å². The van der Waals surface area contributed by atoms with Crippen molar-refractivity contribution in [1.82, 2.24) is 0 Å². The molecule has 0 saturated carbocycles. The van der Waals surface area contributed by atoms with Gasteiger partial charge in [-0.3, -0.25) is 0 Å². The van der Waals surface area contributed by atoms with E-state index in [1.54, 1.807) is 20.3 Å². The molecule has 0 N–H and O–H groups in total. The predicted octanol–water partition coefficient (Wildman–Crippen LogP) is 7.51. The molecule has 4 nitrogen and oxygen atoms in total. The molecule has 30 heavy (non-hydrogen) atoms. The number of hydrogen-bond donors (Lipinski definition) is 0. The molecule has 0 saturated heterocycles. The van der Waals surface area contributed by atoms with Crippen molar-refractivity contribution >= 4 is 5.97 Å². The zero-order chi connectivity index (χ0) is 22.0. The van der Waals surface area contributed by atoms with Crippen LogP contribution in [0.5, 0.6) is 11.5 Å². The van der Waals surface area contributed by atoms with Gasteiger partial charge in [0.2, 0.25) is 0 Å². The van der Waals surface area contributed by atoms with Crippen molar-refractivity contribution < 1.29 is 19.0 Å². The molecule has 0 bridgehead atoms. The Kier molecular flexibility index (Phi) is 14.9. The fraction of sp³-hybridized carbons (Fsp3) is 0.731. The molecule has 4 heteroatoms. The predicted molar refractivity (Wildman–Crippen MR) is 125 cm³/mol. The summed E-state index contributed by atoms with van der Waals surface area (Å²) in [6.45, 7) is 4.44. The minimum Gasteiger partial charge on any atom is -0.497 e. The number of aryl methyl sites for hydroxylation is 1. The van der Waals surface area contributed by atoms with E-state index in [0.717, 1.165) is 18.4 Å². The number of hydrogen-bond acceptors (Lipinski definition) is 4. The third kappa shape index (κ3) is 10.4. The van der Waals surface area contributed by atoms with Crippen LogP contribution in [0.3, 0.4) is 0 Å². The van der Waals surface area contributed by atoms with E-state index in [-0.39, 0.29) is 5.97 Å². The molecule has 172 valence electrons. The van der Waals surface area contributed by atoms with Gasteiger partial charge >= 0.3 is 5.97 Å². The molecule has 1 aromatic carbocycles. The number of ether oxygens (including phenoxy) is 3. The Labute approximate surface area is 184 Å². The van der Waals surface area contributed by atoms with Crippen LogP contribution in [-0.2, 0) is 11.2 Å². The van der Waals surface area contributed by atoms with Crippen LogP contribution >= 0.6 is 0 Å². The maximum absolute atomic E-state index is 12.4. The van der Waals surface area contributed by atoms with E-state index in [0.29, 0.717) is 23.7 Å². The van der Waals surface area contributed by atoms with Crippen molar-refractivity contribution in [2.75, 3.05) is 20.8 Å². The average Bonchev–Trinajstić information content (AvgIpc) is 2.76. The van der Waals surface area contributed by atoms with Crippen LogP contribution in [-0.4, -0.2) is 26.8 Å². The first-order valence-electron chi connectivity index (χ1n) is 12.1. The minimum absolute atomic E-state index is 0.318. The van der Waals surface area contributed by atoms with E-state index in [4.69, 9.17) is 14.2 Å². The number of rotatable bonds is 18. The summed E-state index contributed by atoms with van der Waals surface area (Å²) in [4.78, 5) is 12.4. The average molecular weight is 421 g/mol. The smallest absolute Gasteiger partial charge is 0.342 e. The van der Waals surface area contributed by atoms with Gasteiger partial charge in [-0.2, -0.15) is 0 Å². The third-order valence-corrected chi connectivity index (χ3v) is 5.64. The van der Waals surface area contributed by atoms with Crippen LogP contribution in [0.1, 0.15) is 113 Å². The first-order chi connectivity index (χ1) is 14.7. The molecule has 0 unspecified atom stereocenters. The molecule has 0 radical (unpaired) electrons. The molecular formula is C26H44O4. The molecule has 0 aliphatic carbocycles. The highest BCUT2D eigenvalue weighted by Crippen LogP contribution is 2.31. The fourth-order valence-electron chi connectivity index (χ4n) is 3.89. The van der Waals surface area contributed by atoms with E-state index < -0.39 is 0 Å². The number of carbonyl (C=O) groups is 1. The summed E-state index contributed by atoms with van der Waals surface area (Å²) >= 11 is 0. The lowest BCUT2D eigenvalue weighted by atomic mass is 9.98. The topological polar surface area (TPSA) is 44.8 Å². The molecule has 1 aromatic rings. The number of carbonyl (C=O) groups excluding carboxylic acids is 1. The Morgan fingerprint density at radius 2 is 1.27 bits per heavy atom. The first kappa shape index (κ1) is 26.3. The summed E-state index contributed by atoms with van der Waals surface area (Å²) in [6.07, 6.45) is 18.1. The van der Waals surface area contributed by atoms with E-state index in [9.17, 15) is 4.79 Å². The first-order valence-corrected chi connectivity index (χ1v) is 12.1. The van der Waals surface area contributed by atoms with Gasteiger partial charge in [0.1, 0.15) is 17.1 Å². The number of methoxy groups -OCH3 is 2. The zero-order valence-electron chi connectivity index (χ0n) is 19.9. The summed E-state index contributed by atoms with van der Waals surface area (Å²) in [6, 6.07) is 3.69. The monoisotopic (exact) mass is 420 g/mol. The molecular weight excluding hydrogens is 376 g/mol. The Morgan fingerprint density at radius 3 is 1.73 bits per heavy atom. The van der Waals surface area contributed by atoms with E-state index >= 15 is 0 Å². The Bertz CT molecular complexity index is 583. The molecule has 0 aliphatic heterocycles. The summed E-state index contributed by atoms with van der Waals surface area (Å²) in [7, 11) is 3.21. The van der Waals surface area contributed by atoms with Gasteiger partial charge in [0.15, 0.2) is 0 Å². The highest BCUT2D eigenvalue weighted by Gasteiger charge is 2.20. The molecule has 0 aromatic heterocycles. The molecule has 0 amide bonds. The standard InChI is InChI=1S/C26H44O4/c1-5-7-8-9-10-11-12-13-14-15-16-17-18-19-22-20-23(28-3)21-24(29-4)25(22)26(27)30-6-2/h20-21H,5-19H2,1-4H3. The summed E-state index contributed by atoms with van der Waals surface area (Å²) < 4.78 is 16.1. The normalized spacial score (nSPS) is 10.8. The second-order valence-corrected chi connectivity index (χ2v) is 8.08. The SMILES string of the molecule is CCCCCCCCCCCCCCCc1cc(OC)cc(OC)c1C(=O)OCC. The van der Waals surface area contributed by atoms with Crippen LogP contribution in [0.25, 0.3) is 0 Å². The lowest BCUT2D eigenvalue weighted by Gasteiger charge is -2.15. The number of unbranched alkanes of at least 4 members (excludes halogenated alkanes) is 12. The Morgan fingerprint density at radius 1 is 0.733 bits per heavy atom. The quantitative estimate of drug-likeness (QED) is 0.182. The lowest BCUT2D eigenvalue weighted by Crippen LogP contribution is -2.11. The molecule has 0 fully saturated rings. The van der Waals surface area contributed by atoms with Gasteiger partial charge < -0.3 is 14.2 Å². The van der Waals surface area contributed by atoms with E-state index in [1.165, 1.54) is 77.0 Å².